The topological polar surface area (TPSA) is 24.1 Å². The van der Waals surface area contributed by atoms with E-state index in [0.29, 0.717) is 6.04 Å². The molecule has 0 atom stereocenters. The second kappa shape index (κ2) is 6.91. The van der Waals surface area contributed by atoms with Gasteiger partial charge in [-0.25, -0.2) is 0 Å². The molecule has 1 rings (SSSR count). The van der Waals surface area contributed by atoms with Crippen LogP contribution in [0.2, 0.25) is 0 Å². The minimum absolute atomic E-state index is 0.184. The first-order valence-corrected chi connectivity index (χ1v) is 6.93. The molecule has 0 unspecified atom stereocenters. The minimum atomic E-state index is 0.184. The zero-order valence-electron chi connectivity index (χ0n) is 12.5. The summed E-state index contributed by atoms with van der Waals surface area (Å²) in [6.45, 7) is 14.2. The van der Waals surface area contributed by atoms with Gasteiger partial charge in [0.2, 0.25) is 0 Å². The van der Waals surface area contributed by atoms with Crippen LogP contribution in [0.3, 0.4) is 0 Å². The highest BCUT2D eigenvalue weighted by molar-refractivity contribution is 5.28. The fourth-order valence-electron chi connectivity index (χ4n) is 2.02. The van der Waals surface area contributed by atoms with Crippen LogP contribution >= 0.6 is 0 Å². The summed E-state index contributed by atoms with van der Waals surface area (Å²) in [6, 6.07) is 9.37. The molecule has 2 N–H and O–H groups in total. The van der Waals surface area contributed by atoms with E-state index in [0.717, 1.165) is 19.6 Å². The molecule has 102 valence electrons. The van der Waals surface area contributed by atoms with Gasteiger partial charge >= 0.3 is 0 Å². The largest absolute Gasteiger partial charge is 0.315 e. The number of aryl methyl sites for hydroxylation is 1. The second-order valence-electron chi connectivity index (χ2n) is 6.04. The van der Waals surface area contributed by atoms with Gasteiger partial charge < -0.3 is 10.6 Å². The van der Waals surface area contributed by atoms with E-state index in [-0.39, 0.29) is 5.41 Å². The normalized spacial score (nSPS) is 12.1. The summed E-state index contributed by atoms with van der Waals surface area (Å²) < 4.78 is 0. The molecule has 0 bridgehead atoms. The van der Waals surface area contributed by atoms with E-state index in [4.69, 9.17) is 0 Å². The molecule has 18 heavy (non-hydrogen) atoms. The highest BCUT2D eigenvalue weighted by atomic mass is 15.0. The van der Waals surface area contributed by atoms with Crippen LogP contribution in [0.4, 0.5) is 0 Å². The predicted octanol–water partition coefficient (Wildman–Crippen LogP) is 2.86. The van der Waals surface area contributed by atoms with E-state index < -0.39 is 0 Å². The summed E-state index contributed by atoms with van der Waals surface area (Å²) in [5.74, 6) is 0. The Labute approximate surface area is 112 Å². The maximum atomic E-state index is 3.54. The van der Waals surface area contributed by atoms with Crippen molar-refractivity contribution in [3.05, 3.63) is 35.4 Å². The Hall–Kier alpha value is -0.860. The smallest absolute Gasteiger partial charge is 0.00791 e. The molecule has 0 saturated heterocycles. The van der Waals surface area contributed by atoms with Gasteiger partial charge in [0.05, 0.1) is 0 Å². The Morgan fingerprint density at radius 3 is 2.50 bits per heavy atom. The fraction of sp³-hybridized carbons (Fsp3) is 0.625. The van der Waals surface area contributed by atoms with Crippen LogP contribution < -0.4 is 10.6 Å². The maximum Gasteiger partial charge on any atom is 0.00791 e. The molecule has 0 aliphatic carbocycles. The summed E-state index contributed by atoms with van der Waals surface area (Å²) in [4.78, 5) is 0. The Balaban J connectivity index is 2.40. The van der Waals surface area contributed by atoms with Crippen LogP contribution in [0.1, 0.15) is 38.8 Å². The lowest BCUT2D eigenvalue weighted by molar-refractivity contribution is 0.458. The van der Waals surface area contributed by atoms with Crippen LogP contribution in [0, 0.1) is 6.92 Å². The van der Waals surface area contributed by atoms with Crippen molar-refractivity contribution in [3.63, 3.8) is 0 Å². The predicted molar refractivity (Wildman–Crippen MR) is 80.2 cm³/mol. The first-order valence-electron chi connectivity index (χ1n) is 6.93. The van der Waals surface area contributed by atoms with E-state index in [2.05, 4.69) is 69.5 Å². The van der Waals surface area contributed by atoms with Gasteiger partial charge in [-0.1, -0.05) is 57.5 Å². The summed E-state index contributed by atoms with van der Waals surface area (Å²) >= 11 is 0. The lowest BCUT2D eigenvalue weighted by Gasteiger charge is -2.26. The van der Waals surface area contributed by atoms with Gasteiger partial charge in [0.15, 0.2) is 0 Å². The summed E-state index contributed by atoms with van der Waals surface area (Å²) in [6.07, 6.45) is 0. The molecule has 0 aliphatic rings. The van der Waals surface area contributed by atoms with Gasteiger partial charge in [0.1, 0.15) is 0 Å². The van der Waals surface area contributed by atoms with Crippen LogP contribution in [0.15, 0.2) is 24.3 Å². The third-order valence-electron chi connectivity index (χ3n) is 3.22. The van der Waals surface area contributed by atoms with E-state index >= 15 is 0 Å². The Morgan fingerprint density at radius 1 is 1.17 bits per heavy atom. The molecular formula is C16H28N2. The number of hydrogen-bond acceptors (Lipinski definition) is 2. The summed E-state index contributed by atoms with van der Waals surface area (Å²) in [5, 5.41) is 6.95. The molecule has 0 fully saturated rings. The zero-order valence-corrected chi connectivity index (χ0v) is 12.5. The van der Waals surface area contributed by atoms with Gasteiger partial charge in [0.25, 0.3) is 0 Å². The molecular weight excluding hydrogens is 220 g/mol. The third-order valence-corrected chi connectivity index (χ3v) is 3.22. The molecule has 0 radical (unpaired) electrons. The van der Waals surface area contributed by atoms with Crippen molar-refractivity contribution in [2.75, 3.05) is 19.6 Å². The molecule has 0 saturated carbocycles. The van der Waals surface area contributed by atoms with Crippen molar-refractivity contribution in [1.29, 1.82) is 0 Å². The van der Waals surface area contributed by atoms with Gasteiger partial charge in [0, 0.05) is 31.1 Å². The molecule has 2 nitrogen and oxygen atoms in total. The van der Waals surface area contributed by atoms with Crippen LogP contribution in [0.25, 0.3) is 0 Å². The minimum Gasteiger partial charge on any atom is -0.315 e. The second-order valence-corrected chi connectivity index (χ2v) is 6.04. The van der Waals surface area contributed by atoms with Crippen LogP contribution in [0.5, 0.6) is 0 Å². The molecule has 0 amide bonds. The van der Waals surface area contributed by atoms with E-state index in [1.54, 1.807) is 0 Å². The average Bonchev–Trinajstić information content (AvgIpc) is 2.28. The first-order chi connectivity index (χ1) is 8.42. The fourth-order valence-corrected chi connectivity index (χ4v) is 2.02. The van der Waals surface area contributed by atoms with Gasteiger partial charge in [-0.15, -0.1) is 0 Å². The zero-order chi connectivity index (χ0) is 13.6. The van der Waals surface area contributed by atoms with E-state index in [1.165, 1.54) is 11.1 Å². The highest BCUT2D eigenvalue weighted by Gasteiger charge is 2.19. The number of hydrogen-bond donors (Lipinski definition) is 2. The van der Waals surface area contributed by atoms with Crippen molar-refractivity contribution >= 4 is 0 Å². The van der Waals surface area contributed by atoms with E-state index in [9.17, 15) is 0 Å². The Morgan fingerprint density at radius 2 is 1.89 bits per heavy atom. The number of nitrogens with one attached hydrogen (secondary N) is 2. The average molecular weight is 248 g/mol. The highest BCUT2D eigenvalue weighted by Crippen LogP contribution is 2.22. The molecule has 0 spiro atoms. The van der Waals surface area contributed by atoms with Gasteiger partial charge in [-0.2, -0.15) is 0 Å². The maximum absolute atomic E-state index is 3.54. The van der Waals surface area contributed by atoms with Crippen LogP contribution in [-0.4, -0.2) is 25.7 Å². The SMILES string of the molecule is Cc1cccc(C(C)(C)CNCCNC(C)C)c1. The molecule has 0 aromatic heterocycles. The Kier molecular flexibility index (Phi) is 5.83. The molecule has 0 heterocycles. The quantitative estimate of drug-likeness (QED) is 0.725. The Bertz CT molecular complexity index is 356. The van der Waals surface area contributed by atoms with Crippen molar-refractivity contribution in [2.24, 2.45) is 0 Å². The monoisotopic (exact) mass is 248 g/mol. The van der Waals surface area contributed by atoms with Crippen molar-refractivity contribution in [3.8, 4) is 0 Å². The number of benzene rings is 1. The van der Waals surface area contributed by atoms with Crippen molar-refractivity contribution in [2.45, 2.75) is 46.1 Å². The van der Waals surface area contributed by atoms with Gasteiger partial charge in [-0.3, -0.25) is 0 Å². The van der Waals surface area contributed by atoms with Crippen LogP contribution in [-0.2, 0) is 5.41 Å². The third kappa shape index (κ3) is 5.19. The van der Waals surface area contributed by atoms with Gasteiger partial charge in [-0.05, 0) is 12.5 Å². The van der Waals surface area contributed by atoms with E-state index in [1.807, 2.05) is 0 Å². The van der Waals surface area contributed by atoms with Crippen molar-refractivity contribution < 1.29 is 0 Å². The van der Waals surface area contributed by atoms with Crippen molar-refractivity contribution in [1.82, 2.24) is 10.6 Å². The lowest BCUT2D eigenvalue weighted by atomic mass is 9.84. The lowest BCUT2D eigenvalue weighted by Crippen LogP contribution is -2.38. The summed E-state index contributed by atoms with van der Waals surface area (Å²) in [5.41, 5.74) is 2.93. The first kappa shape index (κ1) is 15.2. The number of rotatable bonds is 7. The molecule has 1 aromatic rings. The summed E-state index contributed by atoms with van der Waals surface area (Å²) in [7, 11) is 0. The molecule has 2 heteroatoms. The molecule has 0 aliphatic heterocycles. The standard InChI is InChI=1S/C16H28N2/c1-13(2)18-10-9-17-12-16(4,5)15-8-6-7-14(3)11-15/h6-8,11,13,17-18H,9-10,12H2,1-5H3. The molecule has 1 aromatic carbocycles.